The lowest BCUT2D eigenvalue weighted by molar-refractivity contribution is 0.234. The fraction of sp³-hybridized carbons (Fsp3) is 0.533. The lowest BCUT2D eigenvalue weighted by atomic mass is 10.1. The van der Waals surface area contributed by atoms with E-state index in [9.17, 15) is 4.79 Å². The van der Waals surface area contributed by atoms with E-state index in [0.29, 0.717) is 0 Å². The van der Waals surface area contributed by atoms with Crippen LogP contribution in [-0.4, -0.2) is 31.4 Å². The van der Waals surface area contributed by atoms with E-state index in [1.807, 2.05) is 6.20 Å². The fourth-order valence-electron chi connectivity index (χ4n) is 2.97. The lowest BCUT2D eigenvalue weighted by Crippen LogP contribution is -2.35. The van der Waals surface area contributed by atoms with Crippen LogP contribution in [0.2, 0.25) is 0 Å². The second-order valence-corrected chi connectivity index (χ2v) is 6.08. The highest BCUT2D eigenvalue weighted by Crippen LogP contribution is 2.31. The fourth-order valence-corrected chi connectivity index (χ4v) is 2.97. The molecule has 1 aliphatic carbocycles. The van der Waals surface area contributed by atoms with Gasteiger partial charge in [0, 0.05) is 37.5 Å². The highest BCUT2D eigenvalue weighted by molar-refractivity contribution is 5.21. The monoisotopic (exact) mass is 285 g/mol. The number of nitrogens with zero attached hydrogens (tertiary/aromatic N) is 3. The zero-order valence-electron chi connectivity index (χ0n) is 11.9. The van der Waals surface area contributed by atoms with Crippen molar-refractivity contribution in [3.8, 4) is 0 Å². The van der Waals surface area contributed by atoms with Crippen LogP contribution >= 0.6 is 0 Å². The minimum atomic E-state index is 0.0632. The summed E-state index contributed by atoms with van der Waals surface area (Å²) in [6.45, 7) is 2.39. The maximum atomic E-state index is 12.2. The molecule has 6 nitrogen and oxygen atoms in total. The molecule has 0 amide bonds. The molecular weight excluding hydrogens is 266 g/mol. The molecule has 0 spiro atoms. The minimum absolute atomic E-state index is 0.0632. The molecular formula is C15H19N5O. The van der Waals surface area contributed by atoms with Gasteiger partial charge in [-0.05, 0) is 25.2 Å². The van der Waals surface area contributed by atoms with Gasteiger partial charge < -0.3 is 9.97 Å². The molecule has 2 aromatic rings. The third-order valence-corrected chi connectivity index (χ3v) is 4.31. The van der Waals surface area contributed by atoms with Crippen LogP contribution < -0.4 is 5.56 Å². The molecule has 2 aromatic heterocycles. The molecule has 0 radical (unpaired) electrons. The molecule has 3 heterocycles. The van der Waals surface area contributed by atoms with E-state index in [1.165, 1.54) is 12.8 Å². The molecule has 0 unspecified atom stereocenters. The Morgan fingerprint density at radius 1 is 1.33 bits per heavy atom. The predicted molar refractivity (Wildman–Crippen MR) is 77.7 cm³/mol. The Hall–Kier alpha value is -1.95. The quantitative estimate of drug-likeness (QED) is 0.878. The summed E-state index contributed by atoms with van der Waals surface area (Å²) in [4.78, 5) is 29.5. The van der Waals surface area contributed by atoms with Crippen LogP contribution in [-0.2, 0) is 25.9 Å². The molecule has 0 bridgehead atoms. The maximum Gasteiger partial charge on any atom is 0.254 e. The van der Waals surface area contributed by atoms with E-state index >= 15 is 0 Å². The van der Waals surface area contributed by atoms with E-state index in [-0.39, 0.29) is 5.56 Å². The summed E-state index contributed by atoms with van der Waals surface area (Å²) in [5.41, 5.74) is 1.88. The van der Waals surface area contributed by atoms with E-state index in [2.05, 4.69) is 19.9 Å². The zero-order chi connectivity index (χ0) is 14.2. The average molecular weight is 285 g/mol. The zero-order valence-corrected chi connectivity index (χ0v) is 11.9. The number of hydrogen-bond acceptors (Lipinski definition) is 4. The topological polar surface area (TPSA) is 77.7 Å². The number of aromatic nitrogens is 4. The third-order valence-electron chi connectivity index (χ3n) is 4.31. The number of H-pyrrole nitrogens is 2. The van der Waals surface area contributed by atoms with Gasteiger partial charge in [-0.2, -0.15) is 0 Å². The Labute approximate surface area is 122 Å². The van der Waals surface area contributed by atoms with Crippen LogP contribution in [0.4, 0.5) is 0 Å². The maximum absolute atomic E-state index is 12.2. The van der Waals surface area contributed by atoms with E-state index in [0.717, 1.165) is 61.3 Å². The number of nitrogens with one attached hydrogen (secondary N) is 2. The van der Waals surface area contributed by atoms with Crippen molar-refractivity contribution in [1.82, 2.24) is 24.8 Å². The van der Waals surface area contributed by atoms with Gasteiger partial charge in [-0.15, -0.1) is 0 Å². The highest BCUT2D eigenvalue weighted by Gasteiger charge is 2.25. The number of rotatable bonds is 4. The minimum Gasteiger partial charge on any atom is -0.348 e. The van der Waals surface area contributed by atoms with Crippen molar-refractivity contribution in [3.05, 3.63) is 45.7 Å². The molecule has 1 aliphatic heterocycles. The summed E-state index contributed by atoms with van der Waals surface area (Å²) in [7, 11) is 0. The van der Waals surface area contributed by atoms with Crippen molar-refractivity contribution >= 4 is 0 Å². The number of aromatic amines is 2. The summed E-state index contributed by atoms with van der Waals surface area (Å²) in [5, 5.41) is 0. The van der Waals surface area contributed by atoms with Gasteiger partial charge in [-0.3, -0.25) is 9.69 Å². The van der Waals surface area contributed by atoms with Crippen LogP contribution in [0.15, 0.2) is 17.2 Å². The van der Waals surface area contributed by atoms with Crippen molar-refractivity contribution in [1.29, 1.82) is 0 Å². The first-order chi connectivity index (χ1) is 10.3. The Balaban J connectivity index is 1.55. The highest BCUT2D eigenvalue weighted by atomic mass is 16.1. The second-order valence-electron chi connectivity index (χ2n) is 6.08. The first kappa shape index (κ1) is 12.8. The standard InChI is InChI=1S/C15H19N5O/c21-15-11-3-6-20(9-14-16-4-5-17-14)8-12(11)18-13(19-15)7-10-1-2-10/h4-5,10H,1-3,6-9H2,(H,16,17)(H,18,19,21). The molecule has 21 heavy (non-hydrogen) atoms. The van der Waals surface area contributed by atoms with Gasteiger partial charge in [0.05, 0.1) is 12.2 Å². The number of hydrogen-bond donors (Lipinski definition) is 2. The molecule has 0 atom stereocenters. The van der Waals surface area contributed by atoms with Crippen LogP contribution in [0.1, 0.15) is 35.7 Å². The summed E-state index contributed by atoms with van der Waals surface area (Å²) in [6.07, 6.45) is 7.83. The van der Waals surface area contributed by atoms with Crippen molar-refractivity contribution < 1.29 is 0 Å². The van der Waals surface area contributed by atoms with Crippen molar-refractivity contribution in [2.45, 2.75) is 38.8 Å². The van der Waals surface area contributed by atoms with Gasteiger partial charge in [-0.1, -0.05) is 0 Å². The van der Waals surface area contributed by atoms with Crippen LogP contribution in [0.3, 0.4) is 0 Å². The van der Waals surface area contributed by atoms with E-state index < -0.39 is 0 Å². The van der Waals surface area contributed by atoms with Gasteiger partial charge in [0.1, 0.15) is 11.6 Å². The van der Waals surface area contributed by atoms with Crippen LogP contribution in [0.5, 0.6) is 0 Å². The molecule has 2 N–H and O–H groups in total. The van der Waals surface area contributed by atoms with Gasteiger partial charge >= 0.3 is 0 Å². The Bertz CT molecular complexity index is 687. The first-order valence-electron chi connectivity index (χ1n) is 7.59. The van der Waals surface area contributed by atoms with Gasteiger partial charge in [0.2, 0.25) is 0 Å². The SMILES string of the molecule is O=c1[nH]c(CC2CC2)nc2c1CCN(Cc1ncc[nH]1)C2. The molecule has 1 saturated carbocycles. The average Bonchev–Trinajstić information content (AvgIpc) is 3.12. The largest absolute Gasteiger partial charge is 0.348 e. The summed E-state index contributed by atoms with van der Waals surface area (Å²) < 4.78 is 0. The molecule has 1 fully saturated rings. The summed E-state index contributed by atoms with van der Waals surface area (Å²) >= 11 is 0. The number of imidazole rings is 1. The van der Waals surface area contributed by atoms with Gasteiger partial charge in [0.15, 0.2) is 0 Å². The molecule has 0 saturated heterocycles. The Morgan fingerprint density at radius 2 is 2.24 bits per heavy atom. The molecule has 110 valence electrons. The summed E-state index contributed by atoms with van der Waals surface area (Å²) in [6, 6.07) is 0. The molecule has 2 aliphatic rings. The van der Waals surface area contributed by atoms with Crippen molar-refractivity contribution in [2.75, 3.05) is 6.54 Å². The van der Waals surface area contributed by atoms with Crippen molar-refractivity contribution in [2.24, 2.45) is 5.92 Å². The normalized spacial score (nSPS) is 18.7. The molecule has 4 rings (SSSR count). The molecule has 0 aromatic carbocycles. The Morgan fingerprint density at radius 3 is 3.00 bits per heavy atom. The van der Waals surface area contributed by atoms with E-state index in [4.69, 9.17) is 4.98 Å². The van der Waals surface area contributed by atoms with Gasteiger partial charge in [-0.25, -0.2) is 9.97 Å². The smallest absolute Gasteiger partial charge is 0.254 e. The Kier molecular flexibility index (Phi) is 3.11. The number of fused-ring (bicyclic) bond motifs is 1. The van der Waals surface area contributed by atoms with Crippen LogP contribution in [0, 0.1) is 5.92 Å². The van der Waals surface area contributed by atoms with Gasteiger partial charge in [0.25, 0.3) is 5.56 Å². The van der Waals surface area contributed by atoms with Crippen molar-refractivity contribution in [3.63, 3.8) is 0 Å². The van der Waals surface area contributed by atoms with E-state index in [1.54, 1.807) is 6.20 Å². The first-order valence-corrected chi connectivity index (χ1v) is 7.59. The third kappa shape index (κ3) is 2.76. The summed E-state index contributed by atoms with van der Waals surface area (Å²) in [5.74, 6) is 2.55. The van der Waals surface area contributed by atoms with Crippen LogP contribution in [0.25, 0.3) is 0 Å². The molecule has 6 heteroatoms. The second kappa shape index (κ2) is 5.11. The predicted octanol–water partition coefficient (Wildman–Crippen LogP) is 1.00. The lowest BCUT2D eigenvalue weighted by Gasteiger charge is -2.26.